The predicted molar refractivity (Wildman–Crippen MR) is 141 cm³/mol. The number of carbonyl (C=O) groups is 1. The molecule has 1 amide bonds. The number of hydrogen-bond acceptors (Lipinski definition) is 5. The minimum Gasteiger partial charge on any atom is -0.455 e. The van der Waals surface area contributed by atoms with E-state index < -0.39 is 0 Å². The first-order valence-electron chi connectivity index (χ1n) is 11.4. The van der Waals surface area contributed by atoms with Crippen molar-refractivity contribution in [2.24, 2.45) is 0 Å². The lowest BCUT2D eigenvalue weighted by molar-refractivity contribution is 0.0964. The van der Waals surface area contributed by atoms with Gasteiger partial charge in [0.2, 0.25) is 0 Å². The van der Waals surface area contributed by atoms with Gasteiger partial charge in [0.25, 0.3) is 5.91 Å². The molecule has 0 aliphatic rings. The zero-order valence-electron chi connectivity index (χ0n) is 19.7. The van der Waals surface area contributed by atoms with E-state index in [9.17, 15) is 9.18 Å². The van der Waals surface area contributed by atoms with Gasteiger partial charge in [0.05, 0.1) is 17.3 Å². The van der Waals surface area contributed by atoms with E-state index in [1.54, 1.807) is 31.1 Å². The van der Waals surface area contributed by atoms with Crippen LogP contribution < -0.4 is 9.62 Å². The van der Waals surface area contributed by atoms with E-state index in [1.165, 1.54) is 12.1 Å². The molecule has 7 heteroatoms. The van der Waals surface area contributed by atoms with Gasteiger partial charge in [0.1, 0.15) is 17.2 Å². The Morgan fingerprint density at radius 2 is 1.83 bits per heavy atom. The van der Waals surface area contributed by atoms with Gasteiger partial charge in [-0.1, -0.05) is 42.3 Å². The number of amides is 1. The molecule has 4 rings (SSSR count). The van der Waals surface area contributed by atoms with Gasteiger partial charge in [-0.3, -0.25) is 4.79 Å². The molecule has 0 aliphatic heterocycles. The molecule has 0 bridgehead atoms. The van der Waals surface area contributed by atoms with E-state index in [4.69, 9.17) is 9.68 Å². The monoisotopic (exact) mass is 487 g/mol. The fraction of sp³-hybridized carbons (Fsp3) is 0.214. The molecule has 0 aliphatic carbocycles. The Morgan fingerprint density at radius 3 is 2.49 bits per heavy atom. The van der Waals surface area contributed by atoms with E-state index in [0.29, 0.717) is 34.3 Å². The maximum Gasteiger partial charge on any atom is 0.255 e. The largest absolute Gasteiger partial charge is 0.455 e. The lowest BCUT2D eigenvalue weighted by atomic mass is 9.98. The summed E-state index contributed by atoms with van der Waals surface area (Å²) in [6.07, 6.45) is 4.25. The maximum absolute atomic E-state index is 13.6. The Hall–Kier alpha value is -3.76. The first-order valence-corrected chi connectivity index (χ1v) is 12.6. The van der Waals surface area contributed by atoms with Gasteiger partial charge in [-0.2, -0.15) is 5.26 Å². The van der Waals surface area contributed by atoms with Crippen LogP contribution in [0.5, 0.6) is 0 Å². The summed E-state index contributed by atoms with van der Waals surface area (Å²) in [5, 5.41) is 12.3. The predicted octanol–water partition coefficient (Wildman–Crippen LogP) is 7.04. The number of furan rings is 1. The van der Waals surface area contributed by atoms with Crippen molar-refractivity contribution >= 4 is 34.5 Å². The highest BCUT2D eigenvalue weighted by Gasteiger charge is 2.24. The molecule has 0 radical (unpaired) electrons. The van der Waals surface area contributed by atoms with Crippen LogP contribution in [0.3, 0.4) is 0 Å². The number of anilines is 1. The summed E-state index contributed by atoms with van der Waals surface area (Å²) in [4.78, 5) is 13.0. The van der Waals surface area contributed by atoms with Crippen molar-refractivity contribution < 1.29 is 13.6 Å². The Morgan fingerprint density at radius 1 is 1.09 bits per heavy atom. The van der Waals surface area contributed by atoms with Crippen LogP contribution in [-0.2, 0) is 0 Å². The second kappa shape index (κ2) is 11.1. The molecule has 0 unspecified atom stereocenters. The molecular formula is C28H26FN3O2S. The molecule has 178 valence electrons. The molecule has 5 nitrogen and oxygen atoms in total. The Kier molecular flexibility index (Phi) is 7.74. The van der Waals surface area contributed by atoms with Crippen molar-refractivity contribution in [2.45, 2.75) is 19.3 Å². The molecule has 3 aromatic carbocycles. The van der Waals surface area contributed by atoms with E-state index in [-0.39, 0.29) is 11.7 Å². The summed E-state index contributed by atoms with van der Waals surface area (Å²) >= 11 is 1.61. The van der Waals surface area contributed by atoms with Gasteiger partial charge < -0.3 is 14.0 Å². The number of nitriles is 1. The third kappa shape index (κ3) is 5.18. The summed E-state index contributed by atoms with van der Waals surface area (Å²) in [5.74, 6) is -0.222. The minimum atomic E-state index is -0.355. The fourth-order valence-electron chi connectivity index (χ4n) is 4.11. The number of benzene rings is 3. The van der Waals surface area contributed by atoms with Gasteiger partial charge in [-0.05, 0) is 48.7 Å². The molecule has 0 atom stereocenters. The number of halogens is 1. The molecular weight excluding hydrogens is 461 g/mol. The van der Waals surface area contributed by atoms with E-state index >= 15 is 0 Å². The first kappa shape index (κ1) is 24.4. The molecule has 1 aromatic heterocycles. The Balaban J connectivity index is 1.93. The quantitative estimate of drug-likeness (QED) is 0.202. The first-order chi connectivity index (χ1) is 17.1. The highest BCUT2D eigenvalue weighted by molar-refractivity contribution is 8.00. The second-order valence-corrected chi connectivity index (χ2v) is 8.83. The van der Waals surface area contributed by atoms with Crippen LogP contribution >= 0.6 is 11.9 Å². The topological polar surface area (TPSA) is 69.3 Å². The third-order valence-electron chi connectivity index (χ3n) is 5.84. The highest BCUT2D eigenvalue weighted by Crippen LogP contribution is 2.42. The van der Waals surface area contributed by atoms with E-state index in [2.05, 4.69) is 15.7 Å². The summed E-state index contributed by atoms with van der Waals surface area (Å²) < 4.78 is 22.0. The number of hydrogen-bond donors (Lipinski definition) is 1. The summed E-state index contributed by atoms with van der Waals surface area (Å²) in [5.41, 5.74) is 4.59. The highest BCUT2D eigenvalue weighted by atomic mass is 32.2. The summed E-state index contributed by atoms with van der Waals surface area (Å²) in [6, 6.07) is 22.1. The third-order valence-corrected chi connectivity index (χ3v) is 6.66. The molecule has 1 heterocycles. The van der Waals surface area contributed by atoms with Crippen LogP contribution in [0.4, 0.5) is 10.1 Å². The number of nitrogens with one attached hydrogen (secondary N) is 1. The minimum absolute atomic E-state index is 0.270. The zero-order chi connectivity index (χ0) is 24.8. The van der Waals surface area contributed by atoms with Crippen molar-refractivity contribution in [3.05, 3.63) is 78.1 Å². The van der Waals surface area contributed by atoms with Gasteiger partial charge in [-0.15, -0.1) is 0 Å². The lowest BCUT2D eigenvalue weighted by Crippen LogP contribution is -2.18. The van der Waals surface area contributed by atoms with Gasteiger partial charge in [-0.25, -0.2) is 4.39 Å². The smallest absolute Gasteiger partial charge is 0.255 e. The maximum atomic E-state index is 13.6. The molecule has 0 saturated heterocycles. The summed E-state index contributed by atoms with van der Waals surface area (Å²) in [7, 11) is 1.58. The van der Waals surface area contributed by atoms with Crippen LogP contribution in [0, 0.1) is 17.1 Å². The summed E-state index contributed by atoms with van der Waals surface area (Å²) in [6.45, 7) is 0.766. The number of fused-ring (bicyclic) bond motifs is 1. The fourth-order valence-corrected chi connectivity index (χ4v) is 4.77. The van der Waals surface area contributed by atoms with Crippen molar-refractivity contribution in [3.63, 3.8) is 0 Å². The van der Waals surface area contributed by atoms with E-state index in [0.717, 1.165) is 36.2 Å². The van der Waals surface area contributed by atoms with Crippen molar-refractivity contribution in [3.8, 4) is 28.5 Å². The molecule has 0 fully saturated rings. The van der Waals surface area contributed by atoms with E-state index in [1.807, 2.05) is 48.7 Å². The normalized spacial score (nSPS) is 10.8. The van der Waals surface area contributed by atoms with Crippen LogP contribution in [-0.4, -0.2) is 25.8 Å². The van der Waals surface area contributed by atoms with Gasteiger partial charge >= 0.3 is 0 Å². The average Bonchev–Trinajstić information content (AvgIpc) is 3.27. The van der Waals surface area contributed by atoms with Crippen LogP contribution in [0.1, 0.15) is 29.6 Å². The second-order valence-electron chi connectivity index (χ2n) is 8.02. The molecule has 0 saturated carbocycles. The van der Waals surface area contributed by atoms with Gasteiger partial charge in [0, 0.05) is 48.8 Å². The number of nitrogens with zero attached hydrogens (tertiary/aromatic N) is 2. The molecule has 35 heavy (non-hydrogen) atoms. The van der Waals surface area contributed by atoms with Crippen LogP contribution in [0.15, 0.2) is 71.1 Å². The molecule has 0 spiro atoms. The SMILES string of the molecule is CNC(=O)c1c(-c2ccc(F)cc2)oc2cc(N(CCCCC#N)SC)c(-c3ccccc3)cc12. The standard InChI is InChI=1S/C28H26FN3O2S/c1-31-28(33)26-23-17-22(19-9-5-3-6-10-19)24(32(35-2)16-8-4-7-15-30)18-25(23)34-27(26)20-11-13-21(29)14-12-20/h3,5-6,9-14,17-18H,4,7-8,16H2,1-2H3,(H,31,33). The molecule has 1 N–H and O–H groups in total. The zero-order valence-corrected chi connectivity index (χ0v) is 20.5. The number of rotatable bonds is 9. The van der Waals surface area contributed by atoms with Crippen molar-refractivity contribution in [1.82, 2.24) is 5.32 Å². The Bertz CT molecular complexity index is 1360. The average molecular weight is 488 g/mol. The molecule has 4 aromatic rings. The van der Waals surface area contributed by atoms with Crippen molar-refractivity contribution in [2.75, 3.05) is 24.2 Å². The van der Waals surface area contributed by atoms with Crippen LogP contribution in [0.25, 0.3) is 33.4 Å². The number of carbonyl (C=O) groups excluding carboxylic acids is 1. The van der Waals surface area contributed by atoms with Crippen LogP contribution in [0.2, 0.25) is 0 Å². The Labute approximate surface area is 208 Å². The van der Waals surface area contributed by atoms with Gasteiger partial charge in [0.15, 0.2) is 0 Å². The number of unbranched alkanes of at least 4 members (excludes halogenated alkanes) is 2. The lowest BCUT2D eigenvalue weighted by Gasteiger charge is -2.24. The van der Waals surface area contributed by atoms with Crippen molar-refractivity contribution in [1.29, 1.82) is 5.26 Å².